The van der Waals surface area contributed by atoms with E-state index in [0.717, 1.165) is 11.4 Å². The number of amides is 1. The van der Waals surface area contributed by atoms with Gasteiger partial charge in [0.2, 0.25) is 0 Å². The Balaban J connectivity index is 0.000000341. The van der Waals surface area contributed by atoms with Gasteiger partial charge in [0.1, 0.15) is 0 Å². The van der Waals surface area contributed by atoms with Gasteiger partial charge in [0, 0.05) is 48.7 Å². The second-order valence-electron chi connectivity index (χ2n) is 9.31. The van der Waals surface area contributed by atoms with Crippen LogP contribution in [0.4, 0.5) is 11.4 Å². The number of aromatic nitrogens is 4. The van der Waals surface area contributed by atoms with E-state index in [2.05, 4.69) is 27.1 Å². The number of hydrogen-bond acceptors (Lipinski definition) is 7. The van der Waals surface area contributed by atoms with Gasteiger partial charge in [0.05, 0.1) is 28.2 Å². The number of para-hydroxylation sites is 2. The third kappa shape index (κ3) is 9.90. The molecule has 0 aliphatic heterocycles. The van der Waals surface area contributed by atoms with Gasteiger partial charge in [0.15, 0.2) is 11.6 Å². The number of nitrogens with zero attached hydrogens (tertiary/aromatic N) is 4. The number of alkyl halides is 1. The summed E-state index contributed by atoms with van der Waals surface area (Å²) in [6.45, 7) is 10.2. The van der Waals surface area contributed by atoms with Gasteiger partial charge in [-0.15, -0.1) is 11.6 Å². The molecule has 230 valence electrons. The molecule has 2 heterocycles. The van der Waals surface area contributed by atoms with Crippen LogP contribution in [0, 0.1) is 27.7 Å². The molecule has 2 aromatic heterocycles. The van der Waals surface area contributed by atoms with Crippen molar-refractivity contribution in [3.63, 3.8) is 0 Å². The number of carbonyl (C=O) groups is 4. The molecule has 10 nitrogen and oxygen atoms in total. The quantitative estimate of drug-likeness (QED) is 0.115. The molecule has 12 heteroatoms. The fraction of sp³-hybridized carbons (Fsp3) is 0.290. The van der Waals surface area contributed by atoms with Crippen molar-refractivity contribution in [1.82, 2.24) is 19.6 Å². The zero-order chi connectivity index (χ0) is 33.0. The number of carbonyl (C=O) groups excluding carboxylic acids is 4. The molecule has 0 saturated carbocycles. The first-order valence-electron chi connectivity index (χ1n) is 13.0. The first-order valence-corrected chi connectivity index (χ1v) is 14.1. The molecular weight excluding hydrogens is 591 g/mol. The number of aryl methyl sites for hydroxylation is 4. The van der Waals surface area contributed by atoms with E-state index in [0.29, 0.717) is 45.0 Å². The number of Topliss-reactive ketones (excluding diaryl/α,β-unsaturated/α-hetero) is 2. The van der Waals surface area contributed by atoms with Gasteiger partial charge in [-0.3, -0.25) is 28.5 Å². The lowest BCUT2D eigenvalue weighted by molar-refractivity contribution is 0.100. The molecule has 4 aromatic rings. The predicted molar refractivity (Wildman–Crippen MR) is 173 cm³/mol. The lowest BCUT2D eigenvalue weighted by Gasteiger charge is -2.09. The molecule has 0 bridgehead atoms. The fourth-order valence-electron chi connectivity index (χ4n) is 4.06. The summed E-state index contributed by atoms with van der Waals surface area (Å²) in [6.07, 6.45) is 1.47. The van der Waals surface area contributed by atoms with Gasteiger partial charge in [-0.1, -0.05) is 24.3 Å². The van der Waals surface area contributed by atoms with Crippen LogP contribution in [-0.2, 0) is 14.1 Å². The van der Waals surface area contributed by atoms with Crippen LogP contribution in [0.15, 0.2) is 48.5 Å². The second-order valence-corrected chi connectivity index (χ2v) is 9.66. The first kappa shape index (κ1) is 36.7. The monoisotopic (exact) mass is 628 g/mol. The molecule has 4 rings (SSSR count). The van der Waals surface area contributed by atoms with Crippen molar-refractivity contribution in [3.05, 3.63) is 93.6 Å². The Labute approximate surface area is 262 Å². The van der Waals surface area contributed by atoms with E-state index in [1.54, 1.807) is 79.8 Å². The van der Waals surface area contributed by atoms with Crippen LogP contribution < -0.4 is 11.1 Å². The minimum Gasteiger partial charge on any atom is -0.398 e. The van der Waals surface area contributed by atoms with Crippen molar-refractivity contribution in [2.24, 2.45) is 14.1 Å². The van der Waals surface area contributed by atoms with Crippen LogP contribution in [0.2, 0.25) is 0 Å². The standard InChI is InChI=1S/C15H17N3O2.C8H9NO.C7H9ClN2O.CH3Cl/c1-9-14(10(2)18(4)17-9)15(20)16-13-8-6-5-7-12(13)11(3)19;1-6(10)7-4-2-3-5-8(7)9;1-4-6(7(8)11)5(2)10(3)9-4;1-2/h5-8H,1-4H3,(H,16,20);2-5H,9H2,1H3;1-3H3;1H3. The third-order valence-electron chi connectivity index (χ3n) is 6.34. The Morgan fingerprint density at radius 1 is 0.721 bits per heavy atom. The third-order valence-corrected chi connectivity index (χ3v) is 6.53. The van der Waals surface area contributed by atoms with Gasteiger partial charge in [-0.25, -0.2) is 0 Å². The van der Waals surface area contributed by atoms with E-state index in [1.165, 1.54) is 20.2 Å². The summed E-state index contributed by atoms with van der Waals surface area (Å²) in [5.74, 6) is -0.319. The summed E-state index contributed by atoms with van der Waals surface area (Å²) in [6, 6.07) is 14.0. The Kier molecular flexibility index (Phi) is 14.5. The molecule has 0 unspecified atom stereocenters. The molecule has 0 spiro atoms. The lowest BCUT2D eigenvalue weighted by atomic mass is 10.1. The minimum absolute atomic E-state index is 0.0121. The Bertz CT molecular complexity index is 1610. The summed E-state index contributed by atoms with van der Waals surface area (Å²) in [7, 11) is 3.58. The van der Waals surface area contributed by atoms with Crippen molar-refractivity contribution in [1.29, 1.82) is 0 Å². The number of nitrogen functional groups attached to an aromatic ring is 1. The van der Waals surface area contributed by atoms with Gasteiger partial charge in [0.25, 0.3) is 11.1 Å². The number of nitrogens with one attached hydrogen (secondary N) is 1. The van der Waals surface area contributed by atoms with E-state index in [1.807, 2.05) is 19.9 Å². The summed E-state index contributed by atoms with van der Waals surface area (Å²) >= 11 is 9.97. The first-order chi connectivity index (χ1) is 20.2. The Morgan fingerprint density at radius 2 is 1.14 bits per heavy atom. The minimum atomic E-state index is -0.437. The Morgan fingerprint density at radius 3 is 1.49 bits per heavy atom. The molecule has 2 aromatic carbocycles. The number of ketones is 2. The topological polar surface area (TPSA) is 142 Å². The highest BCUT2D eigenvalue weighted by molar-refractivity contribution is 6.68. The molecule has 0 fully saturated rings. The summed E-state index contributed by atoms with van der Waals surface area (Å²) in [4.78, 5) is 45.5. The fourth-order valence-corrected chi connectivity index (χ4v) is 4.34. The Hall–Kier alpha value is -4.28. The summed E-state index contributed by atoms with van der Waals surface area (Å²) in [5.41, 5.74) is 11.7. The van der Waals surface area contributed by atoms with Crippen molar-refractivity contribution in [3.8, 4) is 0 Å². The SMILES string of the molecule is CC(=O)c1ccccc1N.CC(=O)c1ccccc1NC(=O)c1c(C)nn(C)c1C.CCl.Cc1nn(C)c(C)c1C(=O)Cl. The highest BCUT2D eigenvalue weighted by Crippen LogP contribution is 2.19. The van der Waals surface area contributed by atoms with Crippen LogP contribution >= 0.6 is 23.2 Å². The second kappa shape index (κ2) is 17.0. The van der Waals surface area contributed by atoms with Gasteiger partial charge >= 0.3 is 0 Å². The van der Waals surface area contributed by atoms with Gasteiger partial charge in [-0.05, 0) is 77.4 Å². The average Bonchev–Trinajstić information content (AvgIpc) is 3.36. The van der Waals surface area contributed by atoms with E-state index < -0.39 is 5.24 Å². The van der Waals surface area contributed by atoms with Crippen LogP contribution in [0.3, 0.4) is 0 Å². The zero-order valence-corrected chi connectivity index (χ0v) is 27.4. The number of rotatable bonds is 5. The summed E-state index contributed by atoms with van der Waals surface area (Å²) in [5, 5.41) is 10.6. The molecule has 1 amide bonds. The van der Waals surface area contributed by atoms with Crippen molar-refractivity contribution in [2.45, 2.75) is 41.5 Å². The predicted octanol–water partition coefficient (Wildman–Crippen LogP) is 6.23. The maximum absolute atomic E-state index is 12.4. The normalized spacial score (nSPS) is 9.74. The van der Waals surface area contributed by atoms with Crippen LogP contribution in [0.1, 0.15) is 78.1 Å². The molecule has 0 aliphatic rings. The number of nitrogens with two attached hydrogens (primary N) is 1. The van der Waals surface area contributed by atoms with Crippen LogP contribution in [0.25, 0.3) is 0 Å². The van der Waals surface area contributed by atoms with Gasteiger partial charge in [-0.2, -0.15) is 10.2 Å². The number of benzene rings is 2. The molecule has 0 radical (unpaired) electrons. The average molecular weight is 630 g/mol. The number of anilines is 2. The van der Waals surface area contributed by atoms with E-state index in [9.17, 15) is 19.2 Å². The molecule has 0 saturated heterocycles. The molecule has 3 N–H and O–H groups in total. The van der Waals surface area contributed by atoms with E-state index in [4.69, 9.17) is 17.3 Å². The van der Waals surface area contributed by atoms with Crippen molar-refractivity contribution >= 4 is 57.3 Å². The van der Waals surface area contributed by atoms with Crippen LogP contribution in [0.5, 0.6) is 0 Å². The maximum atomic E-state index is 12.4. The van der Waals surface area contributed by atoms with Crippen molar-refractivity contribution < 1.29 is 19.2 Å². The zero-order valence-electron chi connectivity index (χ0n) is 25.9. The number of hydrogen-bond donors (Lipinski definition) is 2. The number of halogens is 2. The molecule has 0 aliphatic carbocycles. The smallest absolute Gasteiger partial charge is 0.259 e. The maximum Gasteiger partial charge on any atom is 0.259 e. The molecule has 0 atom stereocenters. The highest BCUT2D eigenvalue weighted by Gasteiger charge is 2.19. The molecular formula is C31H38Cl2N6O4. The van der Waals surface area contributed by atoms with Crippen LogP contribution in [-0.4, -0.2) is 48.7 Å². The lowest BCUT2D eigenvalue weighted by Crippen LogP contribution is -2.16. The van der Waals surface area contributed by atoms with Crippen molar-refractivity contribution in [2.75, 3.05) is 17.4 Å². The largest absolute Gasteiger partial charge is 0.398 e. The van der Waals surface area contributed by atoms with E-state index in [-0.39, 0.29) is 17.5 Å². The van der Waals surface area contributed by atoms with Gasteiger partial charge < -0.3 is 11.1 Å². The highest BCUT2D eigenvalue weighted by atomic mass is 35.5. The van der Waals surface area contributed by atoms with E-state index >= 15 is 0 Å². The molecule has 43 heavy (non-hydrogen) atoms. The summed E-state index contributed by atoms with van der Waals surface area (Å²) < 4.78 is 3.31.